The molecular weight excluding hydrogens is 386 g/mol. The number of rotatable bonds is 8. The molecule has 2 aromatic heterocycles. The van der Waals surface area contributed by atoms with Gasteiger partial charge in [-0.3, -0.25) is 0 Å². The summed E-state index contributed by atoms with van der Waals surface area (Å²) in [5.41, 5.74) is 2.20. The number of carboxylic acid groups (broad SMARTS) is 1. The van der Waals surface area contributed by atoms with Crippen molar-refractivity contribution in [1.29, 1.82) is 0 Å². The lowest BCUT2D eigenvalue weighted by Gasteiger charge is -2.26. The van der Waals surface area contributed by atoms with Crippen molar-refractivity contribution in [2.75, 3.05) is 26.4 Å². The number of nitrogens with zero attached hydrogens (tertiary/aromatic N) is 3. The Morgan fingerprint density at radius 3 is 2.63 bits per heavy atom. The van der Waals surface area contributed by atoms with Gasteiger partial charge in [0, 0.05) is 12.0 Å². The number of aromatic carboxylic acids is 1. The zero-order chi connectivity index (χ0) is 20.5. The minimum Gasteiger partial charge on any atom is -0.490 e. The second-order valence-electron chi connectivity index (χ2n) is 7.65. The highest BCUT2D eigenvalue weighted by atomic mass is 16.6. The summed E-state index contributed by atoms with van der Waals surface area (Å²) in [4.78, 5) is 16.2. The summed E-state index contributed by atoms with van der Waals surface area (Å²) in [5.74, 6) is -0.272. The number of carboxylic acids is 1. The van der Waals surface area contributed by atoms with Crippen molar-refractivity contribution in [2.24, 2.45) is 0 Å². The third-order valence-electron chi connectivity index (χ3n) is 5.64. The van der Waals surface area contributed by atoms with Crippen LogP contribution in [0.4, 0.5) is 0 Å². The maximum atomic E-state index is 11.7. The van der Waals surface area contributed by atoms with Crippen LogP contribution in [0.15, 0.2) is 36.4 Å². The van der Waals surface area contributed by atoms with Crippen LogP contribution < -0.4 is 4.74 Å². The molecule has 1 saturated heterocycles. The molecule has 8 nitrogen and oxygen atoms in total. The lowest BCUT2D eigenvalue weighted by molar-refractivity contribution is -0.132. The molecule has 1 aliphatic carbocycles. The number of hydrogen-bond donors (Lipinski definition) is 1. The summed E-state index contributed by atoms with van der Waals surface area (Å²) in [6.45, 7) is 1.94. The molecule has 2 fully saturated rings. The molecule has 0 spiro atoms. The molecule has 0 amide bonds. The summed E-state index contributed by atoms with van der Waals surface area (Å²) in [6, 6.07) is 11.1. The Balaban J connectivity index is 1.56. The van der Waals surface area contributed by atoms with Crippen LogP contribution in [-0.2, 0) is 9.47 Å². The first-order valence-corrected chi connectivity index (χ1v) is 10.2. The number of hydrogen-bond acceptors (Lipinski definition) is 6. The van der Waals surface area contributed by atoms with Crippen molar-refractivity contribution >= 4 is 17.0 Å². The lowest BCUT2D eigenvalue weighted by atomic mass is 9.82. The molecule has 8 heteroatoms. The van der Waals surface area contributed by atoms with Crippen molar-refractivity contribution in [3.63, 3.8) is 0 Å². The van der Waals surface area contributed by atoms with E-state index in [-0.39, 0.29) is 11.8 Å². The van der Waals surface area contributed by atoms with Gasteiger partial charge in [-0.15, -0.1) is 0 Å². The standard InChI is InChI=1S/C22H23N3O5/c26-22(27)17-11-18(30-10-9-29-16-12-28-13-16)19-20(14-5-4-6-14)24-25(21(19)23-17)15-7-2-1-3-8-15/h1-3,7-8,11,14,16H,4-6,9-10,12-13H2,(H,26,27). The predicted octanol–water partition coefficient (Wildman–Crippen LogP) is 3.18. The van der Waals surface area contributed by atoms with Crippen LogP contribution in [0.3, 0.4) is 0 Å². The molecule has 1 saturated carbocycles. The molecule has 1 N–H and O–H groups in total. The van der Waals surface area contributed by atoms with E-state index >= 15 is 0 Å². The summed E-state index contributed by atoms with van der Waals surface area (Å²) in [7, 11) is 0. The first-order chi connectivity index (χ1) is 14.7. The summed E-state index contributed by atoms with van der Waals surface area (Å²) < 4.78 is 18.5. The summed E-state index contributed by atoms with van der Waals surface area (Å²) >= 11 is 0. The average molecular weight is 409 g/mol. The fourth-order valence-electron chi connectivity index (χ4n) is 3.72. The number of fused-ring (bicyclic) bond motifs is 1. The molecule has 2 aliphatic rings. The zero-order valence-corrected chi connectivity index (χ0v) is 16.5. The van der Waals surface area contributed by atoms with E-state index < -0.39 is 5.97 Å². The minimum absolute atomic E-state index is 0.0666. The smallest absolute Gasteiger partial charge is 0.354 e. The second kappa shape index (κ2) is 8.04. The Morgan fingerprint density at radius 2 is 2.00 bits per heavy atom. The highest BCUT2D eigenvalue weighted by molar-refractivity contribution is 5.94. The second-order valence-corrected chi connectivity index (χ2v) is 7.65. The number of carbonyl (C=O) groups is 1. The minimum atomic E-state index is -1.10. The van der Waals surface area contributed by atoms with Gasteiger partial charge in [-0.1, -0.05) is 24.6 Å². The van der Waals surface area contributed by atoms with E-state index in [4.69, 9.17) is 19.3 Å². The van der Waals surface area contributed by atoms with Gasteiger partial charge in [0.25, 0.3) is 0 Å². The number of ether oxygens (including phenoxy) is 3. The van der Waals surface area contributed by atoms with E-state index in [1.165, 1.54) is 12.5 Å². The van der Waals surface area contributed by atoms with Crippen molar-refractivity contribution in [3.05, 3.63) is 47.8 Å². The molecule has 1 aromatic carbocycles. The number of benzene rings is 1. The normalized spacial score (nSPS) is 16.9. The fraction of sp³-hybridized carbons (Fsp3) is 0.409. The van der Waals surface area contributed by atoms with Gasteiger partial charge >= 0.3 is 5.97 Å². The van der Waals surface area contributed by atoms with E-state index in [1.54, 1.807) is 4.68 Å². The van der Waals surface area contributed by atoms with Gasteiger partial charge in [-0.25, -0.2) is 14.5 Å². The topological polar surface area (TPSA) is 95.7 Å². The maximum Gasteiger partial charge on any atom is 0.354 e. The van der Waals surface area contributed by atoms with Crippen LogP contribution >= 0.6 is 0 Å². The van der Waals surface area contributed by atoms with Crippen molar-refractivity contribution < 1.29 is 24.1 Å². The Kier molecular flexibility index (Phi) is 5.10. The van der Waals surface area contributed by atoms with Crippen LogP contribution in [0.5, 0.6) is 5.75 Å². The summed E-state index contributed by atoms with van der Waals surface area (Å²) in [6.07, 6.45) is 3.41. The van der Waals surface area contributed by atoms with Crippen LogP contribution in [-0.4, -0.2) is 58.4 Å². The summed E-state index contributed by atoms with van der Waals surface area (Å²) in [5, 5.41) is 15.2. The van der Waals surface area contributed by atoms with Gasteiger partial charge in [0.05, 0.1) is 36.6 Å². The molecule has 3 heterocycles. The van der Waals surface area contributed by atoms with E-state index in [2.05, 4.69) is 4.98 Å². The molecule has 0 unspecified atom stereocenters. The van der Waals surface area contributed by atoms with Gasteiger partial charge in [0.2, 0.25) is 0 Å². The average Bonchev–Trinajstić information content (AvgIpc) is 3.05. The fourth-order valence-corrected chi connectivity index (χ4v) is 3.72. The molecule has 0 radical (unpaired) electrons. The van der Waals surface area contributed by atoms with Crippen molar-refractivity contribution in [1.82, 2.24) is 14.8 Å². The molecule has 0 bridgehead atoms. The molecule has 1 aliphatic heterocycles. The molecule has 0 atom stereocenters. The van der Waals surface area contributed by atoms with Crippen LogP contribution in [0, 0.1) is 0 Å². The molecule has 30 heavy (non-hydrogen) atoms. The van der Waals surface area contributed by atoms with E-state index in [1.807, 2.05) is 30.3 Å². The Bertz CT molecular complexity index is 1060. The Labute approximate surface area is 173 Å². The molecule has 5 rings (SSSR count). The first-order valence-electron chi connectivity index (χ1n) is 10.2. The Hall–Kier alpha value is -2.97. The van der Waals surface area contributed by atoms with Gasteiger partial charge in [0.15, 0.2) is 11.3 Å². The first kappa shape index (κ1) is 19.0. The van der Waals surface area contributed by atoms with Gasteiger partial charge in [0.1, 0.15) is 18.5 Å². The highest BCUT2D eigenvalue weighted by Gasteiger charge is 2.29. The van der Waals surface area contributed by atoms with Crippen molar-refractivity contribution in [3.8, 4) is 11.4 Å². The highest BCUT2D eigenvalue weighted by Crippen LogP contribution is 2.42. The third kappa shape index (κ3) is 3.53. The Morgan fingerprint density at radius 1 is 1.20 bits per heavy atom. The monoisotopic (exact) mass is 409 g/mol. The van der Waals surface area contributed by atoms with E-state index in [0.29, 0.717) is 43.7 Å². The molecule has 3 aromatic rings. The van der Waals surface area contributed by atoms with E-state index in [9.17, 15) is 9.90 Å². The van der Waals surface area contributed by atoms with Gasteiger partial charge in [-0.2, -0.15) is 5.10 Å². The maximum absolute atomic E-state index is 11.7. The zero-order valence-electron chi connectivity index (χ0n) is 16.5. The quantitative estimate of drug-likeness (QED) is 0.571. The van der Waals surface area contributed by atoms with Crippen LogP contribution in [0.2, 0.25) is 0 Å². The molecular formula is C22H23N3O5. The SMILES string of the molecule is O=C(O)c1cc(OCCOC2COC2)c2c(C3CCC3)nn(-c3ccccc3)c2n1. The number of pyridine rings is 1. The number of aromatic nitrogens is 3. The van der Waals surface area contributed by atoms with Crippen molar-refractivity contribution in [2.45, 2.75) is 31.3 Å². The largest absolute Gasteiger partial charge is 0.490 e. The molecule has 156 valence electrons. The lowest BCUT2D eigenvalue weighted by Crippen LogP contribution is -2.37. The van der Waals surface area contributed by atoms with Gasteiger partial charge < -0.3 is 19.3 Å². The van der Waals surface area contributed by atoms with E-state index in [0.717, 1.165) is 29.6 Å². The predicted molar refractivity (Wildman–Crippen MR) is 108 cm³/mol. The third-order valence-corrected chi connectivity index (χ3v) is 5.64. The van der Waals surface area contributed by atoms with Crippen LogP contribution in [0.1, 0.15) is 41.4 Å². The van der Waals surface area contributed by atoms with Crippen LogP contribution in [0.25, 0.3) is 16.7 Å². The number of para-hydroxylation sites is 1. The van der Waals surface area contributed by atoms with Gasteiger partial charge in [-0.05, 0) is 25.0 Å².